The van der Waals surface area contributed by atoms with E-state index in [1.165, 1.54) is 5.69 Å². The molecule has 0 spiro atoms. The number of hydrogen-bond acceptors (Lipinski definition) is 3. The second-order valence-corrected chi connectivity index (χ2v) is 6.86. The Morgan fingerprint density at radius 1 is 1.40 bits per heavy atom. The summed E-state index contributed by atoms with van der Waals surface area (Å²) in [7, 11) is 0. The van der Waals surface area contributed by atoms with E-state index >= 15 is 0 Å². The lowest BCUT2D eigenvalue weighted by molar-refractivity contribution is 0.0635. The van der Waals surface area contributed by atoms with Gasteiger partial charge in [-0.2, -0.15) is 5.10 Å². The first-order valence-electron chi connectivity index (χ1n) is 8.63. The first-order chi connectivity index (χ1) is 12.2. The molecule has 126 valence electrons. The number of hydrogen-bond donors (Lipinski definition) is 0. The van der Waals surface area contributed by atoms with E-state index in [9.17, 15) is 4.79 Å². The third-order valence-electron chi connectivity index (χ3n) is 5.46. The van der Waals surface area contributed by atoms with E-state index in [0.29, 0.717) is 5.69 Å². The predicted molar refractivity (Wildman–Crippen MR) is 94.2 cm³/mol. The van der Waals surface area contributed by atoms with Crippen LogP contribution >= 0.6 is 0 Å². The van der Waals surface area contributed by atoms with Crippen molar-refractivity contribution in [3.05, 3.63) is 59.8 Å². The van der Waals surface area contributed by atoms with Crippen LogP contribution in [0.25, 0.3) is 11.8 Å². The Labute approximate surface area is 145 Å². The van der Waals surface area contributed by atoms with E-state index < -0.39 is 0 Å². The summed E-state index contributed by atoms with van der Waals surface area (Å²) in [5, 5.41) is 4.60. The summed E-state index contributed by atoms with van der Waals surface area (Å²) in [4.78, 5) is 19.8. The molecule has 0 aromatic carbocycles. The van der Waals surface area contributed by atoms with Gasteiger partial charge in [-0.15, -0.1) is 0 Å². The Bertz CT molecular complexity index is 1010. The standard InChI is InChI=1S/C19H19N5O/c1-3-22-8-4-5-16(22)19(25)23-13-6-7-15(23)14-11-20-18-9-12(2)21-24(18)17(14)10-13/h3-5,8-9,11,13,15H,1,6-7,10H2,2H3/t13-,15+/m1/s1. The maximum Gasteiger partial charge on any atom is 0.271 e. The van der Waals surface area contributed by atoms with Gasteiger partial charge in [-0.25, -0.2) is 9.50 Å². The molecule has 0 unspecified atom stereocenters. The van der Waals surface area contributed by atoms with Crippen LogP contribution in [0.15, 0.2) is 37.2 Å². The molecule has 0 aliphatic carbocycles. The van der Waals surface area contributed by atoms with E-state index in [4.69, 9.17) is 0 Å². The lowest BCUT2D eigenvalue weighted by Crippen LogP contribution is -2.43. The molecule has 2 bridgehead atoms. The van der Waals surface area contributed by atoms with Gasteiger partial charge in [0.1, 0.15) is 5.69 Å². The van der Waals surface area contributed by atoms with Crippen molar-refractivity contribution in [3.8, 4) is 0 Å². The Balaban J connectivity index is 1.61. The average molecular weight is 333 g/mol. The largest absolute Gasteiger partial charge is 0.327 e. The van der Waals surface area contributed by atoms with Gasteiger partial charge in [0.05, 0.1) is 17.4 Å². The van der Waals surface area contributed by atoms with Crippen LogP contribution in [0.1, 0.15) is 46.3 Å². The van der Waals surface area contributed by atoms with Gasteiger partial charge < -0.3 is 9.47 Å². The van der Waals surface area contributed by atoms with Crippen molar-refractivity contribution in [3.63, 3.8) is 0 Å². The van der Waals surface area contributed by atoms with E-state index in [-0.39, 0.29) is 18.0 Å². The maximum atomic E-state index is 13.2. The lowest BCUT2D eigenvalue weighted by atomic mass is 9.98. The maximum absolute atomic E-state index is 13.2. The van der Waals surface area contributed by atoms with Crippen LogP contribution in [0.2, 0.25) is 0 Å². The van der Waals surface area contributed by atoms with Gasteiger partial charge in [-0.05, 0) is 31.9 Å². The number of carbonyl (C=O) groups is 1. The fraction of sp³-hybridized carbons (Fsp3) is 0.316. The number of aromatic nitrogens is 4. The van der Waals surface area contributed by atoms with Gasteiger partial charge in [-0.1, -0.05) is 6.58 Å². The zero-order valence-corrected chi connectivity index (χ0v) is 14.1. The molecule has 2 aliphatic rings. The summed E-state index contributed by atoms with van der Waals surface area (Å²) >= 11 is 0. The number of nitrogens with zero attached hydrogens (tertiary/aromatic N) is 5. The second kappa shape index (κ2) is 5.05. The molecule has 6 heteroatoms. The van der Waals surface area contributed by atoms with Crippen molar-refractivity contribution in [2.75, 3.05) is 0 Å². The van der Waals surface area contributed by atoms with Gasteiger partial charge in [0.2, 0.25) is 0 Å². The lowest BCUT2D eigenvalue weighted by Gasteiger charge is -2.36. The monoisotopic (exact) mass is 333 g/mol. The molecular weight excluding hydrogens is 314 g/mol. The highest BCUT2D eigenvalue weighted by atomic mass is 16.2. The number of rotatable bonds is 2. The van der Waals surface area contributed by atoms with Crippen LogP contribution in [0.5, 0.6) is 0 Å². The molecule has 5 rings (SSSR count). The van der Waals surface area contributed by atoms with Crippen LogP contribution in [0, 0.1) is 6.92 Å². The van der Waals surface area contributed by atoms with Gasteiger partial charge in [0.25, 0.3) is 5.91 Å². The molecule has 25 heavy (non-hydrogen) atoms. The Hall–Kier alpha value is -2.89. The van der Waals surface area contributed by atoms with Crippen LogP contribution < -0.4 is 0 Å². The average Bonchev–Trinajstić information content (AvgIpc) is 3.30. The number of amides is 1. The van der Waals surface area contributed by atoms with Crippen LogP contribution in [-0.4, -0.2) is 36.0 Å². The zero-order valence-electron chi connectivity index (χ0n) is 14.1. The molecule has 3 aromatic heterocycles. The van der Waals surface area contributed by atoms with E-state index in [0.717, 1.165) is 36.2 Å². The van der Waals surface area contributed by atoms with Gasteiger partial charge in [-0.3, -0.25) is 4.79 Å². The molecule has 2 aliphatic heterocycles. The quantitative estimate of drug-likeness (QED) is 0.725. The molecule has 2 atom stereocenters. The van der Waals surface area contributed by atoms with Gasteiger partial charge in [0.15, 0.2) is 5.65 Å². The molecule has 0 N–H and O–H groups in total. The van der Waals surface area contributed by atoms with Gasteiger partial charge >= 0.3 is 0 Å². The minimum atomic E-state index is 0.0693. The fourth-order valence-corrected chi connectivity index (χ4v) is 4.38. The van der Waals surface area contributed by atoms with E-state index in [1.54, 1.807) is 10.8 Å². The van der Waals surface area contributed by atoms with Crippen molar-refractivity contribution in [1.29, 1.82) is 0 Å². The van der Waals surface area contributed by atoms with Crippen molar-refractivity contribution in [1.82, 2.24) is 24.1 Å². The molecule has 3 aromatic rings. The highest BCUT2D eigenvalue weighted by molar-refractivity contribution is 5.94. The van der Waals surface area contributed by atoms with Crippen molar-refractivity contribution in [2.45, 2.75) is 38.3 Å². The number of carbonyl (C=O) groups excluding carboxylic acids is 1. The van der Waals surface area contributed by atoms with Crippen LogP contribution in [0.3, 0.4) is 0 Å². The number of aryl methyl sites for hydroxylation is 1. The molecule has 1 amide bonds. The van der Waals surface area contributed by atoms with Gasteiger partial charge in [0, 0.05) is 42.7 Å². The molecule has 0 radical (unpaired) electrons. The van der Waals surface area contributed by atoms with Crippen molar-refractivity contribution < 1.29 is 4.79 Å². The van der Waals surface area contributed by atoms with E-state index in [2.05, 4.69) is 16.7 Å². The summed E-state index contributed by atoms with van der Waals surface area (Å²) in [5.41, 5.74) is 4.86. The third kappa shape index (κ3) is 1.94. The molecule has 0 saturated carbocycles. The van der Waals surface area contributed by atoms with Crippen LogP contribution in [-0.2, 0) is 6.42 Å². The Morgan fingerprint density at radius 2 is 2.28 bits per heavy atom. The molecule has 5 heterocycles. The third-order valence-corrected chi connectivity index (χ3v) is 5.46. The summed E-state index contributed by atoms with van der Waals surface area (Å²) in [5.74, 6) is 0.0693. The smallest absolute Gasteiger partial charge is 0.271 e. The Morgan fingerprint density at radius 3 is 3.12 bits per heavy atom. The molecular formula is C19H19N5O. The predicted octanol–water partition coefficient (Wildman–Crippen LogP) is 2.84. The first kappa shape index (κ1) is 14.5. The second-order valence-electron chi connectivity index (χ2n) is 6.86. The fourth-order valence-electron chi connectivity index (χ4n) is 4.38. The summed E-state index contributed by atoms with van der Waals surface area (Å²) in [6.07, 6.45) is 8.28. The first-order valence-corrected chi connectivity index (χ1v) is 8.63. The van der Waals surface area contributed by atoms with Crippen molar-refractivity contribution in [2.24, 2.45) is 0 Å². The molecule has 1 fully saturated rings. The minimum absolute atomic E-state index is 0.0693. The summed E-state index contributed by atoms with van der Waals surface area (Å²) in [6.45, 7) is 5.77. The molecule has 1 saturated heterocycles. The highest BCUT2D eigenvalue weighted by Crippen LogP contribution is 2.44. The number of fused-ring (bicyclic) bond motifs is 6. The topological polar surface area (TPSA) is 55.4 Å². The zero-order chi connectivity index (χ0) is 17.1. The molecule has 6 nitrogen and oxygen atoms in total. The van der Waals surface area contributed by atoms with Crippen LogP contribution in [0.4, 0.5) is 0 Å². The highest BCUT2D eigenvalue weighted by Gasteiger charge is 2.44. The van der Waals surface area contributed by atoms with E-state index in [1.807, 2.05) is 46.9 Å². The summed E-state index contributed by atoms with van der Waals surface area (Å²) in [6, 6.07) is 6.03. The SMILES string of the molecule is C=Cn1cccc1C(=O)N1[C@@H]2CC[C@H]1c1cnc3cc(C)nn3c1C2. The Kier molecular flexibility index (Phi) is 2.92. The van der Waals surface area contributed by atoms with Crippen molar-refractivity contribution >= 4 is 17.8 Å². The minimum Gasteiger partial charge on any atom is -0.327 e. The normalized spacial score (nSPS) is 21.6. The summed E-state index contributed by atoms with van der Waals surface area (Å²) < 4.78 is 3.75.